The summed E-state index contributed by atoms with van der Waals surface area (Å²) in [7, 11) is 0. The quantitative estimate of drug-likeness (QED) is 0.461. The molecule has 4 rings (SSSR count). The summed E-state index contributed by atoms with van der Waals surface area (Å²) in [6.07, 6.45) is 0.866. The minimum atomic E-state index is -0.271. The SMILES string of the molecule is CC(=O)c1ccc(-n2c(N)c(C(=O)NCCC(C)C)c3nc4ccccc4nc32)cc1. The molecule has 2 aromatic heterocycles. The van der Waals surface area contributed by atoms with Gasteiger partial charge in [0.25, 0.3) is 5.91 Å². The molecule has 1 amide bonds. The molecular weight excluding hydrogens is 390 g/mol. The Labute approximate surface area is 180 Å². The topological polar surface area (TPSA) is 103 Å². The number of carbonyl (C=O) groups excluding carboxylic acids is 2. The summed E-state index contributed by atoms with van der Waals surface area (Å²) in [5, 5.41) is 2.96. The van der Waals surface area contributed by atoms with Crippen molar-refractivity contribution in [3.8, 4) is 5.69 Å². The van der Waals surface area contributed by atoms with Crippen molar-refractivity contribution in [2.45, 2.75) is 27.2 Å². The largest absolute Gasteiger partial charge is 0.384 e. The first-order chi connectivity index (χ1) is 14.9. The summed E-state index contributed by atoms with van der Waals surface area (Å²) < 4.78 is 1.72. The van der Waals surface area contributed by atoms with E-state index in [2.05, 4.69) is 19.2 Å². The van der Waals surface area contributed by atoms with E-state index in [-0.39, 0.29) is 17.5 Å². The standard InChI is InChI=1S/C24H25N5O2/c1-14(2)12-13-26-24(31)20-21-23(28-19-7-5-4-6-18(19)27-21)29(22(20)25)17-10-8-16(9-11-17)15(3)30/h4-11,14H,12-13,25H2,1-3H3,(H,26,31). The van der Waals surface area contributed by atoms with Crippen LogP contribution < -0.4 is 11.1 Å². The van der Waals surface area contributed by atoms with Crippen molar-refractivity contribution in [3.05, 3.63) is 59.7 Å². The molecule has 0 atom stereocenters. The van der Waals surface area contributed by atoms with E-state index in [1.165, 1.54) is 6.92 Å². The second-order valence-electron chi connectivity index (χ2n) is 8.02. The summed E-state index contributed by atoms with van der Waals surface area (Å²) in [6.45, 7) is 6.28. The molecule has 31 heavy (non-hydrogen) atoms. The van der Waals surface area contributed by atoms with Crippen molar-refractivity contribution in [3.63, 3.8) is 0 Å². The first-order valence-electron chi connectivity index (χ1n) is 10.3. The molecule has 0 aliphatic carbocycles. The van der Waals surface area contributed by atoms with Crippen LogP contribution in [0.2, 0.25) is 0 Å². The number of Topliss-reactive ketones (excluding diaryl/α,β-unsaturated/α-hetero) is 1. The summed E-state index contributed by atoms with van der Waals surface area (Å²) >= 11 is 0. The maximum Gasteiger partial charge on any atom is 0.257 e. The number of carbonyl (C=O) groups is 2. The van der Waals surface area contributed by atoms with Gasteiger partial charge in [-0.15, -0.1) is 0 Å². The van der Waals surface area contributed by atoms with Crippen molar-refractivity contribution in [1.29, 1.82) is 0 Å². The molecule has 0 unspecified atom stereocenters. The average Bonchev–Trinajstić information content (AvgIpc) is 3.02. The Morgan fingerprint density at radius 3 is 2.29 bits per heavy atom. The predicted molar refractivity (Wildman–Crippen MR) is 123 cm³/mol. The fraction of sp³-hybridized carbons (Fsp3) is 0.250. The number of nitrogens with one attached hydrogen (secondary N) is 1. The Balaban J connectivity index is 1.90. The van der Waals surface area contributed by atoms with Gasteiger partial charge in [-0.1, -0.05) is 26.0 Å². The number of amides is 1. The number of aromatic nitrogens is 3. The van der Waals surface area contributed by atoms with E-state index in [4.69, 9.17) is 15.7 Å². The van der Waals surface area contributed by atoms with Gasteiger partial charge in [0, 0.05) is 17.8 Å². The first-order valence-corrected chi connectivity index (χ1v) is 10.3. The second kappa shape index (κ2) is 8.18. The number of ketones is 1. The van der Waals surface area contributed by atoms with Gasteiger partial charge in [0.05, 0.1) is 11.0 Å². The van der Waals surface area contributed by atoms with E-state index in [9.17, 15) is 9.59 Å². The zero-order chi connectivity index (χ0) is 22.1. The number of rotatable bonds is 6. The molecule has 0 fully saturated rings. The van der Waals surface area contributed by atoms with E-state index >= 15 is 0 Å². The molecule has 0 bridgehead atoms. The summed E-state index contributed by atoms with van der Waals surface area (Å²) in [5.74, 6) is 0.449. The summed E-state index contributed by atoms with van der Waals surface area (Å²) in [4.78, 5) is 34.2. The summed E-state index contributed by atoms with van der Waals surface area (Å²) in [5.41, 5.74) is 10.5. The van der Waals surface area contributed by atoms with Crippen molar-refractivity contribution in [2.24, 2.45) is 5.92 Å². The maximum absolute atomic E-state index is 13.1. The molecule has 3 N–H and O–H groups in total. The van der Waals surface area contributed by atoms with Crippen LogP contribution in [0.5, 0.6) is 0 Å². The van der Waals surface area contributed by atoms with Crippen LogP contribution in [0.1, 0.15) is 47.9 Å². The van der Waals surface area contributed by atoms with Gasteiger partial charge in [0.2, 0.25) is 0 Å². The minimum absolute atomic E-state index is 0.0205. The fourth-order valence-corrected chi connectivity index (χ4v) is 3.55. The molecule has 7 nitrogen and oxygen atoms in total. The van der Waals surface area contributed by atoms with E-state index in [1.807, 2.05) is 24.3 Å². The lowest BCUT2D eigenvalue weighted by Gasteiger charge is -2.09. The summed E-state index contributed by atoms with van der Waals surface area (Å²) in [6, 6.07) is 14.6. The van der Waals surface area contributed by atoms with Crippen LogP contribution in [0, 0.1) is 5.92 Å². The van der Waals surface area contributed by atoms with Crippen molar-refractivity contribution in [1.82, 2.24) is 19.9 Å². The van der Waals surface area contributed by atoms with Gasteiger partial charge in [-0.25, -0.2) is 9.97 Å². The van der Waals surface area contributed by atoms with E-state index < -0.39 is 0 Å². The number of hydrogen-bond donors (Lipinski definition) is 2. The molecule has 4 aromatic rings. The number of para-hydroxylation sites is 2. The average molecular weight is 415 g/mol. The Bertz CT molecular complexity index is 1290. The monoisotopic (exact) mass is 415 g/mol. The van der Waals surface area contributed by atoms with E-state index in [0.717, 1.165) is 6.42 Å². The number of anilines is 1. The van der Waals surface area contributed by atoms with Crippen molar-refractivity contribution >= 4 is 39.7 Å². The van der Waals surface area contributed by atoms with E-state index in [0.29, 0.717) is 51.5 Å². The lowest BCUT2D eigenvalue weighted by Crippen LogP contribution is -2.26. The third-order valence-electron chi connectivity index (χ3n) is 5.26. The van der Waals surface area contributed by atoms with Gasteiger partial charge in [-0.3, -0.25) is 14.2 Å². The van der Waals surface area contributed by atoms with Gasteiger partial charge in [0.15, 0.2) is 11.4 Å². The van der Waals surface area contributed by atoms with Gasteiger partial charge in [-0.05, 0) is 55.7 Å². The lowest BCUT2D eigenvalue weighted by molar-refractivity contribution is 0.0953. The van der Waals surface area contributed by atoms with Crippen molar-refractivity contribution in [2.75, 3.05) is 12.3 Å². The van der Waals surface area contributed by atoms with Gasteiger partial charge in [-0.2, -0.15) is 0 Å². The third-order valence-corrected chi connectivity index (χ3v) is 5.26. The third kappa shape index (κ3) is 3.86. The minimum Gasteiger partial charge on any atom is -0.384 e. The van der Waals surface area contributed by atoms with Crippen molar-refractivity contribution < 1.29 is 9.59 Å². The van der Waals surface area contributed by atoms with Gasteiger partial charge in [0.1, 0.15) is 16.9 Å². The first kappa shape index (κ1) is 20.5. The molecule has 2 heterocycles. The number of benzene rings is 2. The molecule has 0 spiro atoms. The number of hydrogen-bond acceptors (Lipinski definition) is 5. The number of fused-ring (bicyclic) bond motifs is 2. The predicted octanol–water partition coefficient (Wildman–Crippen LogP) is 4.13. The van der Waals surface area contributed by atoms with Gasteiger partial charge < -0.3 is 11.1 Å². The normalized spacial score (nSPS) is 11.4. The van der Waals surface area contributed by atoms with Gasteiger partial charge >= 0.3 is 0 Å². The molecule has 0 radical (unpaired) electrons. The maximum atomic E-state index is 13.1. The smallest absolute Gasteiger partial charge is 0.257 e. The molecule has 2 aromatic carbocycles. The highest BCUT2D eigenvalue weighted by molar-refractivity contribution is 6.11. The van der Waals surface area contributed by atoms with E-state index in [1.54, 1.807) is 28.8 Å². The molecule has 0 aliphatic heterocycles. The van der Waals surface area contributed by atoms with Crippen LogP contribution >= 0.6 is 0 Å². The zero-order valence-electron chi connectivity index (χ0n) is 17.8. The highest BCUT2D eigenvalue weighted by Crippen LogP contribution is 2.31. The fourth-order valence-electron chi connectivity index (χ4n) is 3.55. The highest BCUT2D eigenvalue weighted by atomic mass is 16.1. The van der Waals surface area contributed by atoms with Crippen LogP contribution in [0.25, 0.3) is 27.9 Å². The molecule has 0 saturated heterocycles. The Kier molecular flexibility index (Phi) is 5.42. The molecule has 158 valence electrons. The lowest BCUT2D eigenvalue weighted by atomic mass is 10.1. The Morgan fingerprint density at radius 2 is 1.68 bits per heavy atom. The molecule has 0 saturated carbocycles. The van der Waals surface area contributed by atoms with Crippen LogP contribution in [0.3, 0.4) is 0 Å². The number of nitrogens with two attached hydrogens (primary N) is 1. The molecule has 7 heteroatoms. The second-order valence-corrected chi connectivity index (χ2v) is 8.02. The Hall–Kier alpha value is -3.74. The number of nitrogen functional groups attached to an aromatic ring is 1. The van der Waals surface area contributed by atoms with Crippen LogP contribution in [0.4, 0.5) is 5.82 Å². The zero-order valence-corrected chi connectivity index (χ0v) is 17.8. The Morgan fingerprint density at radius 1 is 1.03 bits per heavy atom. The van der Waals surface area contributed by atoms with Crippen LogP contribution in [-0.2, 0) is 0 Å². The molecule has 0 aliphatic rings. The molecular formula is C24H25N5O2. The van der Waals surface area contributed by atoms with Crippen LogP contribution in [-0.4, -0.2) is 32.8 Å². The number of nitrogens with zero attached hydrogens (tertiary/aromatic N) is 3. The highest BCUT2D eigenvalue weighted by Gasteiger charge is 2.24. The van der Waals surface area contributed by atoms with Crippen LogP contribution in [0.15, 0.2) is 48.5 Å².